The van der Waals surface area contributed by atoms with E-state index in [9.17, 15) is 9.59 Å². The molecule has 0 bridgehead atoms. The molecule has 0 saturated carbocycles. The number of anilines is 2. The van der Waals surface area contributed by atoms with Crippen molar-refractivity contribution >= 4 is 35.1 Å². The second kappa shape index (κ2) is 10.8. The Balaban J connectivity index is 1.52. The molecule has 37 heavy (non-hydrogen) atoms. The van der Waals surface area contributed by atoms with Crippen LogP contribution >= 0.6 is 11.8 Å². The van der Waals surface area contributed by atoms with Crippen molar-refractivity contribution in [2.45, 2.75) is 24.8 Å². The smallest absolute Gasteiger partial charge is 0.255 e. The third-order valence-corrected chi connectivity index (χ3v) is 6.65. The average molecular weight is 517 g/mol. The Kier molecular flexibility index (Phi) is 7.49. The van der Waals surface area contributed by atoms with E-state index < -0.39 is 5.91 Å². The predicted octanol–water partition coefficient (Wildman–Crippen LogP) is 4.59. The first kappa shape index (κ1) is 25.8. The second-order valence-electron chi connectivity index (χ2n) is 8.53. The zero-order chi connectivity index (χ0) is 26.7. The lowest BCUT2D eigenvalue weighted by Crippen LogP contribution is -2.16. The van der Waals surface area contributed by atoms with Crippen LogP contribution in [0, 0.1) is 6.92 Å². The van der Waals surface area contributed by atoms with Crippen LogP contribution in [0.5, 0.6) is 5.75 Å². The number of hydrogen-bond donors (Lipinski definition) is 3. The van der Waals surface area contributed by atoms with Crippen molar-refractivity contribution in [2.24, 2.45) is 12.8 Å². The first-order valence-corrected chi connectivity index (χ1v) is 12.7. The largest absolute Gasteiger partial charge is 0.482 e. The molecule has 0 spiro atoms. The van der Waals surface area contributed by atoms with Crippen LogP contribution < -0.4 is 21.5 Å². The Hall–Kier alpha value is -4.31. The molecular formula is C27H28N6O3S. The molecule has 0 saturated heterocycles. The van der Waals surface area contributed by atoms with Crippen LogP contribution in [0.1, 0.15) is 45.0 Å². The molecule has 2 aromatic carbocycles. The van der Waals surface area contributed by atoms with Gasteiger partial charge < -0.3 is 21.5 Å². The molecule has 0 aliphatic carbocycles. The number of nitrogen functional groups attached to an aromatic ring is 1. The number of pyridine rings is 1. The van der Waals surface area contributed by atoms with E-state index in [2.05, 4.69) is 15.4 Å². The quantitative estimate of drug-likeness (QED) is 0.291. The van der Waals surface area contributed by atoms with Crippen LogP contribution in [0.3, 0.4) is 0 Å². The van der Waals surface area contributed by atoms with Gasteiger partial charge in [0.05, 0.1) is 11.3 Å². The molecule has 2 aromatic heterocycles. The van der Waals surface area contributed by atoms with Gasteiger partial charge in [-0.3, -0.25) is 14.3 Å². The summed E-state index contributed by atoms with van der Waals surface area (Å²) in [5.41, 5.74) is 16.3. The number of nitrogens with zero attached hydrogens (tertiary/aromatic N) is 3. The average Bonchev–Trinajstić information content (AvgIpc) is 3.22. The molecule has 2 heterocycles. The summed E-state index contributed by atoms with van der Waals surface area (Å²) in [6.45, 7) is 3.82. The van der Waals surface area contributed by atoms with Crippen molar-refractivity contribution in [1.82, 2.24) is 14.8 Å². The summed E-state index contributed by atoms with van der Waals surface area (Å²) in [6, 6.07) is 14.1. The molecule has 4 aromatic rings. The molecule has 0 fully saturated rings. The van der Waals surface area contributed by atoms with Gasteiger partial charge in [-0.2, -0.15) is 5.10 Å². The Bertz CT molecular complexity index is 1480. The van der Waals surface area contributed by atoms with Crippen molar-refractivity contribution in [3.8, 4) is 16.9 Å². The Morgan fingerprint density at radius 1 is 1.16 bits per heavy atom. The van der Waals surface area contributed by atoms with E-state index in [0.717, 1.165) is 22.4 Å². The standard InChI is InChI=1S/C27H28N6O3S/c1-15-22(14-33(3)32-15)19-12-23(25(28)30-13-19)36-16(2)17-6-5-7-20(10-17)31-27(35)18-8-9-24(37-4)21(11-18)26(29)34/h5-14,16H,1-4H3,(H2,28,30)(H2,29,34)(H,31,35)/t16-/m1/s1. The molecule has 1 atom stereocenters. The molecule has 4 rings (SSSR count). The molecule has 10 heteroatoms. The Morgan fingerprint density at radius 2 is 1.95 bits per heavy atom. The summed E-state index contributed by atoms with van der Waals surface area (Å²) >= 11 is 1.39. The van der Waals surface area contributed by atoms with Crippen LogP contribution in [-0.2, 0) is 7.05 Å². The monoisotopic (exact) mass is 516 g/mol. The number of aromatic nitrogens is 3. The van der Waals surface area contributed by atoms with Gasteiger partial charge in [-0.15, -0.1) is 11.8 Å². The second-order valence-corrected chi connectivity index (χ2v) is 9.38. The maximum absolute atomic E-state index is 12.9. The van der Waals surface area contributed by atoms with Gasteiger partial charge in [0.2, 0.25) is 5.91 Å². The fourth-order valence-electron chi connectivity index (χ4n) is 3.95. The van der Waals surface area contributed by atoms with Crippen molar-refractivity contribution in [2.75, 3.05) is 17.3 Å². The molecule has 2 amide bonds. The van der Waals surface area contributed by atoms with Crippen LogP contribution in [0.15, 0.2) is 65.8 Å². The summed E-state index contributed by atoms with van der Waals surface area (Å²) in [6.07, 6.45) is 5.08. The predicted molar refractivity (Wildman–Crippen MR) is 146 cm³/mol. The Labute approximate surface area is 219 Å². The summed E-state index contributed by atoms with van der Waals surface area (Å²) in [5, 5.41) is 7.26. The molecule has 0 aliphatic heterocycles. The molecule has 9 nitrogen and oxygen atoms in total. The lowest BCUT2D eigenvalue weighted by atomic mass is 10.1. The number of primary amides is 1. The summed E-state index contributed by atoms with van der Waals surface area (Å²) < 4.78 is 7.92. The summed E-state index contributed by atoms with van der Waals surface area (Å²) in [4.78, 5) is 29.7. The number of hydrogen-bond acceptors (Lipinski definition) is 7. The molecule has 5 N–H and O–H groups in total. The fraction of sp³-hybridized carbons (Fsp3) is 0.185. The van der Waals surface area contributed by atoms with Crippen LogP contribution in [0.4, 0.5) is 11.5 Å². The van der Waals surface area contributed by atoms with E-state index in [1.165, 1.54) is 17.8 Å². The number of aryl methyl sites for hydroxylation is 2. The molecule has 0 aliphatic rings. The van der Waals surface area contributed by atoms with Gasteiger partial charge in [0.1, 0.15) is 6.10 Å². The maximum Gasteiger partial charge on any atom is 0.255 e. The minimum Gasteiger partial charge on any atom is -0.482 e. The number of rotatable bonds is 8. The zero-order valence-corrected chi connectivity index (χ0v) is 21.8. The first-order valence-electron chi connectivity index (χ1n) is 11.5. The number of thioether (sulfide) groups is 1. The van der Waals surface area contributed by atoms with Gasteiger partial charge in [0, 0.05) is 46.7 Å². The van der Waals surface area contributed by atoms with Gasteiger partial charge in [0.25, 0.3) is 5.91 Å². The number of nitrogens with two attached hydrogens (primary N) is 2. The van der Waals surface area contributed by atoms with E-state index in [1.54, 1.807) is 29.1 Å². The summed E-state index contributed by atoms with van der Waals surface area (Å²) in [5.74, 6) is -0.201. The van der Waals surface area contributed by atoms with Crippen LogP contribution in [0.2, 0.25) is 0 Å². The highest BCUT2D eigenvalue weighted by Gasteiger charge is 2.16. The van der Waals surface area contributed by atoms with Gasteiger partial charge in [-0.05, 0) is 62.1 Å². The zero-order valence-electron chi connectivity index (χ0n) is 21.0. The third kappa shape index (κ3) is 5.75. The number of amides is 2. The topological polar surface area (TPSA) is 138 Å². The first-order chi connectivity index (χ1) is 17.7. The van der Waals surface area contributed by atoms with E-state index in [1.807, 2.05) is 57.6 Å². The minimum absolute atomic E-state index is 0.278. The molecule has 0 radical (unpaired) electrons. The van der Waals surface area contributed by atoms with Gasteiger partial charge in [-0.1, -0.05) is 12.1 Å². The van der Waals surface area contributed by atoms with E-state index in [4.69, 9.17) is 16.2 Å². The lowest BCUT2D eigenvalue weighted by Gasteiger charge is -2.18. The Morgan fingerprint density at radius 3 is 2.62 bits per heavy atom. The SMILES string of the molecule is CSc1ccc(C(=O)Nc2cccc([C@@H](C)Oc3cc(-c4cn(C)nc4C)cnc3N)c2)cc1C(N)=O. The molecule has 190 valence electrons. The number of carbonyl (C=O) groups excluding carboxylic acids is 2. The van der Waals surface area contributed by atoms with Crippen molar-refractivity contribution in [1.29, 1.82) is 0 Å². The van der Waals surface area contributed by atoms with E-state index in [0.29, 0.717) is 27.5 Å². The minimum atomic E-state index is -0.580. The van der Waals surface area contributed by atoms with Crippen LogP contribution in [0.25, 0.3) is 11.1 Å². The number of nitrogens with one attached hydrogen (secondary N) is 1. The normalized spacial score (nSPS) is 11.7. The lowest BCUT2D eigenvalue weighted by molar-refractivity contribution is 0.0997. The highest BCUT2D eigenvalue weighted by Crippen LogP contribution is 2.32. The van der Waals surface area contributed by atoms with Crippen molar-refractivity contribution in [3.63, 3.8) is 0 Å². The maximum atomic E-state index is 12.9. The van der Waals surface area contributed by atoms with Crippen molar-refractivity contribution < 1.29 is 14.3 Å². The molecular weight excluding hydrogens is 488 g/mol. The highest BCUT2D eigenvalue weighted by molar-refractivity contribution is 7.98. The van der Waals surface area contributed by atoms with Crippen molar-refractivity contribution in [3.05, 3.63) is 83.3 Å². The highest BCUT2D eigenvalue weighted by atomic mass is 32.2. The fourth-order valence-corrected chi connectivity index (χ4v) is 4.54. The van der Waals surface area contributed by atoms with Gasteiger partial charge >= 0.3 is 0 Å². The number of carbonyl (C=O) groups is 2. The number of ether oxygens (including phenoxy) is 1. The van der Waals surface area contributed by atoms with E-state index in [-0.39, 0.29) is 17.8 Å². The molecule has 0 unspecified atom stereocenters. The third-order valence-electron chi connectivity index (χ3n) is 5.85. The van der Waals surface area contributed by atoms with Gasteiger partial charge in [0.15, 0.2) is 11.6 Å². The summed E-state index contributed by atoms with van der Waals surface area (Å²) in [7, 11) is 1.86. The number of benzene rings is 2. The van der Waals surface area contributed by atoms with E-state index >= 15 is 0 Å². The van der Waals surface area contributed by atoms with Gasteiger partial charge in [-0.25, -0.2) is 4.98 Å². The van der Waals surface area contributed by atoms with Crippen LogP contribution in [-0.4, -0.2) is 32.8 Å².